The summed E-state index contributed by atoms with van der Waals surface area (Å²) in [5.41, 5.74) is 3.91. The van der Waals surface area contributed by atoms with Crippen LogP contribution in [0.3, 0.4) is 0 Å². The lowest BCUT2D eigenvalue weighted by Crippen LogP contribution is -1.98. The first kappa shape index (κ1) is 14.8. The van der Waals surface area contributed by atoms with Crippen LogP contribution in [0.25, 0.3) is 38.5 Å². The van der Waals surface area contributed by atoms with Crippen LogP contribution in [-0.4, -0.2) is 9.67 Å². The Morgan fingerprint density at radius 1 is 0.885 bits per heavy atom. The molecule has 0 saturated carbocycles. The summed E-state index contributed by atoms with van der Waals surface area (Å²) in [6.07, 6.45) is 0. The highest BCUT2D eigenvalue weighted by atomic mass is 16.5. The molecule has 0 atom stereocenters. The highest BCUT2D eigenvalue weighted by Gasteiger charge is 2.20. The zero-order chi connectivity index (χ0) is 17.8. The molecule has 4 heteroatoms. The lowest BCUT2D eigenvalue weighted by molar-refractivity contribution is 0.348. The molecule has 0 fully saturated rings. The van der Waals surface area contributed by atoms with Gasteiger partial charge in [-0.25, -0.2) is 0 Å². The first-order valence-corrected chi connectivity index (χ1v) is 8.40. The van der Waals surface area contributed by atoms with Gasteiger partial charge in [-0.05, 0) is 37.3 Å². The van der Waals surface area contributed by atoms with Crippen molar-refractivity contribution in [2.75, 3.05) is 0 Å². The van der Waals surface area contributed by atoms with E-state index in [4.69, 9.17) is 4.42 Å². The minimum atomic E-state index is -0.181. The van der Waals surface area contributed by atoms with Crippen LogP contribution in [0, 0.1) is 6.92 Å². The Kier molecular flexibility index (Phi) is 2.97. The smallest absolute Gasteiger partial charge is 0.290 e. The Balaban J connectivity index is 2.11. The van der Waals surface area contributed by atoms with E-state index in [9.17, 15) is 9.90 Å². The maximum Gasteiger partial charge on any atom is 0.290 e. The van der Waals surface area contributed by atoms with E-state index in [0.29, 0.717) is 16.4 Å². The van der Waals surface area contributed by atoms with Gasteiger partial charge in [-0.1, -0.05) is 42.0 Å². The van der Waals surface area contributed by atoms with Gasteiger partial charge in [0.15, 0.2) is 11.0 Å². The van der Waals surface area contributed by atoms with Gasteiger partial charge in [-0.3, -0.25) is 4.79 Å². The van der Waals surface area contributed by atoms with Crippen LogP contribution in [0.1, 0.15) is 5.56 Å². The fourth-order valence-corrected chi connectivity index (χ4v) is 3.61. The van der Waals surface area contributed by atoms with Gasteiger partial charge in [-0.15, -0.1) is 0 Å². The predicted octanol–water partition coefficient (Wildman–Crippen LogP) is 4.90. The second-order valence-corrected chi connectivity index (χ2v) is 6.45. The van der Waals surface area contributed by atoms with Gasteiger partial charge >= 0.3 is 0 Å². The summed E-state index contributed by atoms with van der Waals surface area (Å²) < 4.78 is 7.75. The molecule has 2 heterocycles. The molecule has 4 nitrogen and oxygen atoms in total. The van der Waals surface area contributed by atoms with Crippen molar-refractivity contribution in [3.8, 4) is 11.6 Å². The number of nitrogens with zero attached hydrogens (tertiary/aromatic N) is 1. The molecule has 0 radical (unpaired) electrons. The minimum absolute atomic E-state index is 0.128. The van der Waals surface area contributed by atoms with Gasteiger partial charge in [0.2, 0.25) is 0 Å². The normalized spacial score (nSPS) is 11.6. The van der Waals surface area contributed by atoms with Gasteiger partial charge in [0.25, 0.3) is 5.95 Å². The third-order valence-corrected chi connectivity index (χ3v) is 4.81. The van der Waals surface area contributed by atoms with Crippen LogP contribution < -0.4 is 5.43 Å². The van der Waals surface area contributed by atoms with E-state index in [2.05, 4.69) is 0 Å². The van der Waals surface area contributed by atoms with Crippen molar-refractivity contribution in [1.82, 2.24) is 4.57 Å². The van der Waals surface area contributed by atoms with Crippen LogP contribution in [0.5, 0.6) is 5.95 Å². The van der Waals surface area contributed by atoms with Crippen LogP contribution >= 0.6 is 0 Å². The molecule has 0 aliphatic heterocycles. The quantitative estimate of drug-likeness (QED) is 0.471. The number of rotatable bonds is 1. The molecule has 26 heavy (non-hydrogen) atoms. The second-order valence-electron chi connectivity index (χ2n) is 6.45. The molecule has 0 spiro atoms. The zero-order valence-corrected chi connectivity index (χ0v) is 14.1. The summed E-state index contributed by atoms with van der Waals surface area (Å²) in [7, 11) is 0. The minimum Gasteiger partial charge on any atom is -0.480 e. The number of fused-ring (bicyclic) bond motifs is 5. The highest BCUT2D eigenvalue weighted by Crippen LogP contribution is 2.39. The monoisotopic (exact) mass is 341 g/mol. The fourth-order valence-electron chi connectivity index (χ4n) is 3.61. The molecule has 1 N–H and O–H groups in total. The maximum absolute atomic E-state index is 12.6. The van der Waals surface area contributed by atoms with Crippen LogP contribution in [-0.2, 0) is 0 Å². The average Bonchev–Trinajstić information content (AvgIpc) is 2.98. The van der Waals surface area contributed by atoms with Crippen molar-refractivity contribution in [1.29, 1.82) is 0 Å². The second kappa shape index (κ2) is 5.23. The summed E-state index contributed by atoms with van der Waals surface area (Å²) in [5.74, 6) is -0.181. The summed E-state index contributed by atoms with van der Waals surface area (Å²) in [4.78, 5) is 12.6. The van der Waals surface area contributed by atoms with E-state index in [1.807, 2.05) is 66.1 Å². The zero-order valence-electron chi connectivity index (χ0n) is 14.1. The van der Waals surface area contributed by atoms with Crippen molar-refractivity contribution >= 4 is 32.8 Å². The summed E-state index contributed by atoms with van der Waals surface area (Å²) in [6.45, 7) is 2.04. The van der Waals surface area contributed by atoms with E-state index >= 15 is 0 Å². The molecule has 2 aromatic heterocycles. The number of hydrogen-bond acceptors (Lipinski definition) is 3. The molecule has 0 saturated heterocycles. The van der Waals surface area contributed by atoms with E-state index in [1.165, 1.54) is 6.07 Å². The first-order chi connectivity index (χ1) is 12.6. The fraction of sp³-hybridized carbons (Fsp3) is 0.0455. The van der Waals surface area contributed by atoms with Gasteiger partial charge in [-0.2, -0.15) is 0 Å². The molecule has 0 aliphatic carbocycles. The van der Waals surface area contributed by atoms with Crippen molar-refractivity contribution < 1.29 is 9.52 Å². The predicted molar refractivity (Wildman–Crippen MR) is 103 cm³/mol. The highest BCUT2D eigenvalue weighted by molar-refractivity contribution is 6.16. The molecule has 0 aliphatic rings. The van der Waals surface area contributed by atoms with Gasteiger partial charge < -0.3 is 14.1 Å². The number of hydrogen-bond donors (Lipinski definition) is 1. The van der Waals surface area contributed by atoms with Crippen molar-refractivity contribution in [2.24, 2.45) is 0 Å². The van der Waals surface area contributed by atoms with Gasteiger partial charge in [0.05, 0.1) is 21.8 Å². The summed E-state index contributed by atoms with van der Waals surface area (Å²) in [5, 5.41) is 12.3. The summed E-state index contributed by atoms with van der Waals surface area (Å²) in [6, 6.07) is 20.8. The third-order valence-electron chi connectivity index (χ3n) is 4.81. The Labute approximate surface area is 148 Å². The molecule has 0 amide bonds. The first-order valence-electron chi connectivity index (χ1n) is 8.40. The number of aromatic nitrogens is 1. The maximum atomic E-state index is 12.6. The van der Waals surface area contributed by atoms with E-state index in [0.717, 1.165) is 27.7 Å². The number of aryl methyl sites for hydroxylation is 1. The standard InChI is InChI=1S/C22H15NO3/c1-13-9-11-14(12-10-13)23-17-7-4-8-18(24)19(17)21-20(23)15-5-2-3-6-16(15)22(25)26-21/h2-12,25H,1H3. The van der Waals surface area contributed by atoms with Crippen molar-refractivity contribution in [2.45, 2.75) is 6.92 Å². The van der Waals surface area contributed by atoms with Crippen LogP contribution in [0.4, 0.5) is 0 Å². The number of benzene rings is 3. The molecular formula is C22H15NO3. The molecule has 5 aromatic rings. The van der Waals surface area contributed by atoms with Crippen LogP contribution in [0.15, 0.2) is 75.9 Å². The van der Waals surface area contributed by atoms with Gasteiger partial charge in [0.1, 0.15) is 0 Å². The number of aromatic hydroxyl groups is 1. The Bertz CT molecular complexity index is 1360. The SMILES string of the molecule is Cc1ccc(-n2c3cccc(=O)c3c3oc(O)c4ccccc4c32)cc1. The average molecular weight is 341 g/mol. The van der Waals surface area contributed by atoms with Crippen molar-refractivity contribution in [3.63, 3.8) is 0 Å². The van der Waals surface area contributed by atoms with Gasteiger partial charge in [0, 0.05) is 11.1 Å². The molecule has 0 bridgehead atoms. The topological polar surface area (TPSA) is 55.4 Å². The van der Waals surface area contributed by atoms with Crippen LogP contribution in [0.2, 0.25) is 0 Å². The lowest BCUT2D eigenvalue weighted by atomic mass is 10.1. The molecule has 126 valence electrons. The van der Waals surface area contributed by atoms with Crippen molar-refractivity contribution in [3.05, 3.63) is 82.5 Å². The summed E-state index contributed by atoms with van der Waals surface area (Å²) >= 11 is 0. The Hall–Kier alpha value is -3.53. The largest absolute Gasteiger partial charge is 0.480 e. The lowest BCUT2D eigenvalue weighted by Gasteiger charge is -2.10. The van der Waals surface area contributed by atoms with E-state index in [-0.39, 0.29) is 11.4 Å². The Morgan fingerprint density at radius 3 is 2.38 bits per heavy atom. The molecular weight excluding hydrogens is 326 g/mol. The molecule has 0 unspecified atom stereocenters. The molecule has 3 aromatic carbocycles. The third kappa shape index (κ3) is 1.93. The van der Waals surface area contributed by atoms with E-state index in [1.54, 1.807) is 6.07 Å². The Morgan fingerprint density at radius 2 is 1.62 bits per heavy atom. The van der Waals surface area contributed by atoms with E-state index < -0.39 is 0 Å². The molecule has 5 rings (SSSR count).